The van der Waals surface area contributed by atoms with Crippen LogP contribution < -0.4 is 5.32 Å². The molecule has 2 aromatic carbocycles. The summed E-state index contributed by atoms with van der Waals surface area (Å²) in [6.45, 7) is 2.76. The van der Waals surface area contributed by atoms with Gasteiger partial charge in [0.25, 0.3) is 0 Å². The number of hydrogen-bond donors (Lipinski definition) is 1. The molecular weight excluding hydrogens is 298 g/mol. The smallest absolute Gasteiger partial charge is 0.248 e. The zero-order valence-electron chi connectivity index (χ0n) is 13.5. The first-order chi connectivity index (χ1) is 11.7. The molecule has 4 heteroatoms. The van der Waals surface area contributed by atoms with E-state index in [1.165, 1.54) is 17.2 Å². The standard InChI is InChI=1S/C20H19N3O/c1-16-7-5-6-10-18(16)14-23-15-19(13-21-23)22-20(24)12-11-17-8-3-2-4-9-17/h2-13,15H,14H2,1H3,(H,22,24). The average Bonchev–Trinajstić information content (AvgIpc) is 3.03. The van der Waals surface area contributed by atoms with Crippen molar-refractivity contribution in [2.75, 3.05) is 5.32 Å². The molecule has 1 amide bonds. The fourth-order valence-corrected chi connectivity index (χ4v) is 2.40. The van der Waals surface area contributed by atoms with Gasteiger partial charge in [0, 0.05) is 12.3 Å². The van der Waals surface area contributed by atoms with Crippen LogP contribution in [0, 0.1) is 6.92 Å². The number of rotatable bonds is 5. The highest BCUT2D eigenvalue weighted by Gasteiger charge is 2.03. The van der Waals surface area contributed by atoms with Gasteiger partial charge in [-0.25, -0.2) is 0 Å². The van der Waals surface area contributed by atoms with Crippen molar-refractivity contribution in [2.45, 2.75) is 13.5 Å². The van der Waals surface area contributed by atoms with Crippen molar-refractivity contribution < 1.29 is 4.79 Å². The van der Waals surface area contributed by atoms with Gasteiger partial charge < -0.3 is 5.32 Å². The normalized spacial score (nSPS) is 10.9. The molecule has 1 heterocycles. The number of aromatic nitrogens is 2. The fourth-order valence-electron chi connectivity index (χ4n) is 2.40. The third-order valence-electron chi connectivity index (χ3n) is 3.72. The Balaban J connectivity index is 1.61. The molecule has 3 rings (SSSR count). The van der Waals surface area contributed by atoms with Gasteiger partial charge in [0.15, 0.2) is 0 Å². The highest BCUT2D eigenvalue weighted by atomic mass is 16.1. The number of carbonyl (C=O) groups is 1. The van der Waals surface area contributed by atoms with Crippen LogP contribution >= 0.6 is 0 Å². The minimum Gasteiger partial charge on any atom is -0.320 e. The van der Waals surface area contributed by atoms with Crippen LogP contribution in [0.15, 0.2) is 73.1 Å². The lowest BCUT2D eigenvalue weighted by Gasteiger charge is -2.05. The van der Waals surface area contributed by atoms with E-state index in [1.807, 2.05) is 53.3 Å². The van der Waals surface area contributed by atoms with E-state index in [0.29, 0.717) is 12.2 Å². The maximum absolute atomic E-state index is 12.0. The molecule has 0 saturated heterocycles. The molecule has 0 atom stereocenters. The number of benzene rings is 2. The SMILES string of the molecule is Cc1ccccc1Cn1cc(NC(=O)C=Cc2ccccc2)cn1. The highest BCUT2D eigenvalue weighted by Crippen LogP contribution is 2.11. The lowest BCUT2D eigenvalue weighted by molar-refractivity contribution is -0.111. The Morgan fingerprint density at radius 1 is 1.12 bits per heavy atom. The number of aryl methyl sites for hydroxylation is 1. The monoisotopic (exact) mass is 317 g/mol. The molecular formula is C20H19N3O. The van der Waals surface area contributed by atoms with Crippen LogP contribution in [-0.2, 0) is 11.3 Å². The van der Waals surface area contributed by atoms with Gasteiger partial charge in [0.05, 0.1) is 18.4 Å². The van der Waals surface area contributed by atoms with Crippen LogP contribution in [0.25, 0.3) is 6.08 Å². The molecule has 0 aliphatic rings. The molecule has 0 unspecified atom stereocenters. The van der Waals surface area contributed by atoms with Gasteiger partial charge in [-0.1, -0.05) is 54.6 Å². The van der Waals surface area contributed by atoms with Gasteiger partial charge in [0.2, 0.25) is 5.91 Å². The molecule has 120 valence electrons. The molecule has 1 N–H and O–H groups in total. The van der Waals surface area contributed by atoms with Gasteiger partial charge in [0.1, 0.15) is 0 Å². The van der Waals surface area contributed by atoms with E-state index in [-0.39, 0.29) is 5.91 Å². The van der Waals surface area contributed by atoms with E-state index < -0.39 is 0 Å². The fraction of sp³-hybridized carbons (Fsp3) is 0.100. The quantitative estimate of drug-likeness (QED) is 0.726. The first kappa shape index (κ1) is 15.7. The Morgan fingerprint density at radius 2 is 1.88 bits per heavy atom. The maximum atomic E-state index is 12.0. The molecule has 4 nitrogen and oxygen atoms in total. The van der Waals surface area contributed by atoms with Crippen LogP contribution in [0.2, 0.25) is 0 Å². The van der Waals surface area contributed by atoms with Gasteiger partial charge >= 0.3 is 0 Å². The van der Waals surface area contributed by atoms with Crippen molar-refractivity contribution in [3.05, 3.63) is 89.8 Å². The molecule has 0 fully saturated rings. The Labute approximate surface area is 141 Å². The van der Waals surface area contributed by atoms with Crippen LogP contribution in [0.4, 0.5) is 5.69 Å². The van der Waals surface area contributed by atoms with Gasteiger partial charge in [-0.15, -0.1) is 0 Å². The van der Waals surface area contributed by atoms with E-state index >= 15 is 0 Å². The van der Waals surface area contributed by atoms with Crippen LogP contribution in [0.3, 0.4) is 0 Å². The van der Waals surface area contributed by atoms with Crippen molar-refractivity contribution in [3.8, 4) is 0 Å². The minimum absolute atomic E-state index is 0.172. The van der Waals surface area contributed by atoms with Crippen molar-refractivity contribution in [1.29, 1.82) is 0 Å². The summed E-state index contributed by atoms with van der Waals surface area (Å²) in [6.07, 6.45) is 6.80. The second-order valence-electron chi connectivity index (χ2n) is 5.59. The summed E-state index contributed by atoms with van der Waals surface area (Å²) in [5, 5.41) is 7.13. The third-order valence-corrected chi connectivity index (χ3v) is 3.72. The van der Waals surface area contributed by atoms with Crippen LogP contribution in [-0.4, -0.2) is 15.7 Å². The maximum Gasteiger partial charge on any atom is 0.248 e. The molecule has 3 aromatic rings. The van der Waals surface area contributed by atoms with E-state index in [9.17, 15) is 4.79 Å². The lowest BCUT2D eigenvalue weighted by atomic mass is 10.1. The molecule has 0 bridgehead atoms. The number of anilines is 1. The predicted molar refractivity (Wildman–Crippen MR) is 96.6 cm³/mol. The van der Waals surface area contributed by atoms with Crippen molar-refractivity contribution in [1.82, 2.24) is 9.78 Å². The summed E-state index contributed by atoms with van der Waals surface area (Å²) < 4.78 is 1.82. The topological polar surface area (TPSA) is 46.9 Å². The van der Waals surface area contributed by atoms with Crippen molar-refractivity contribution in [3.63, 3.8) is 0 Å². The van der Waals surface area contributed by atoms with Gasteiger partial charge in [-0.3, -0.25) is 9.48 Å². The lowest BCUT2D eigenvalue weighted by Crippen LogP contribution is -2.07. The summed E-state index contributed by atoms with van der Waals surface area (Å²) >= 11 is 0. The van der Waals surface area contributed by atoms with E-state index in [1.54, 1.807) is 12.3 Å². The van der Waals surface area contributed by atoms with Gasteiger partial charge in [-0.2, -0.15) is 5.10 Å². The Morgan fingerprint density at radius 3 is 2.67 bits per heavy atom. The second kappa shape index (κ2) is 7.42. The third kappa shape index (κ3) is 4.20. The van der Waals surface area contributed by atoms with Gasteiger partial charge in [-0.05, 0) is 29.7 Å². The summed E-state index contributed by atoms with van der Waals surface area (Å²) in [5.74, 6) is -0.172. The number of amides is 1. The van der Waals surface area contributed by atoms with Crippen LogP contribution in [0.5, 0.6) is 0 Å². The molecule has 1 aromatic heterocycles. The van der Waals surface area contributed by atoms with Crippen molar-refractivity contribution in [2.24, 2.45) is 0 Å². The molecule has 0 aliphatic carbocycles. The summed E-state index contributed by atoms with van der Waals surface area (Å²) in [5.41, 5.74) is 4.11. The minimum atomic E-state index is -0.172. The largest absolute Gasteiger partial charge is 0.320 e. The van der Waals surface area contributed by atoms with Crippen LogP contribution in [0.1, 0.15) is 16.7 Å². The average molecular weight is 317 g/mol. The highest BCUT2D eigenvalue weighted by molar-refractivity contribution is 6.01. The van der Waals surface area contributed by atoms with E-state index in [2.05, 4.69) is 29.5 Å². The Hall–Kier alpha value is -3.14. The Bertz CT molecular complexity index is 850. The first-order valence-corrected chi connectivity index (χ1v) is 7.82. The molecule has 24 heavy (non-hydrogen) atoms. The predicted octanol–water partition coefficient (Wildman–Crippen LogP) is 3.89. The number of nitrogens with one attached hydrogen (secondary N) is 1. The summed E-state index contributed by atoms with van der Waals surface area (Å²) in [4.78, 5) is 12.0. The zero-order valence-corrected chi connectivity index (χ0v) is 13.5. The zero-order chi connectivity index (χ0) is 16.8. The summed E-state index contributed by atoms with van der Waals surface area (Å²) in [7, 11) is 0. The van der Waals surface area contributed by atoms with E-state index in [0.717, 1.165) is 5.56 Å². The molecule has 0 aliphatic heterocycles. The van der Waals surface area contributed by atoms with Crippen molar-refractivity contribution >= 4 is 17.7 Å². The van der Waals surface area contributed by atoms with E-state index in [4.69, 9.17) is 0 Å². The summed E-state index contributed by atoms with van der Waals surface area (Å²) in [6, 6.07) is 17.9. The first-order valence-electron chi connectivity index (χ1n) is 7.82. The molecule has 0 saturated carbocycles. The number of hydrogen-bond acceptors (Lipinski definition) is 2. The molecule has 0 radical (unpaired) electrons. The second-order valence-corrected chi connectivity index (χ2v) is 5.59. The molecule has 0 spiro atoms. The number of carbonyl (C=O) groups excluding carboxylic acids is 1. The Kier molecular flexibility index (Phi) is 4.87. The number of nitrogens with zero attached hydrogens (tertiary/aromatic N) is 2.